The fourth-order valence-electron chi connectivity index (χ4n) is 4.56. The molecule has 0 fully saturated rings. The first-order valence-electron chi connectivity index (χ1n) is 15.0. The van der Waals surface area contributed by atoms with Crippen molar-refractivity contribution in [1.82, 2.24) is 15.0 Å². The van der Waals surface area contributed by atoms with Gasteiger partial charge in [-0.1, -0.05) is 57.2 Å². The minimum Gasteiger partial charge on any atom is -0.505 e. The highest BCUT2D eigenvalue weighted by Crippen LogP contribution is 2.44. The largest absolute Gasteiger partial charge is 0.505 e. The number of hydrogen-bond donors (Lipinski definition) is 3. The van der Waals surface area contributed by atoms with Crippen LogP contribution in [0.25, 0.3) is 10.8 Å². The summed E-state index contributed by atoms with van der Waals surface area (Å²) in [5.41, 5.74) is -0.585. The molecule has 19 heteroatoms. The summed E-state index contributed by atoms with van der Waals surface area (Å²) in [7, 11) is -9.72. The maximum atomic E-state index is 13.5. The summed E-state index contributed by atoms with van der Waals surface area (Å²) in [6.07, 6.45) is 6.05. The van der Waals surface area contributed by atoms with E-state index in [1.807, 2.05) is 0 Å². The Morgan fingerprint density at radius 1 is 0.878 bits per heavy atom. The monoisotopic (exact) mass is 754 g/mol. The van der Waals surface area contributed by atoms with Crippen molar-refractivity contribution in [2.75, 3.05) is 18.5 Å². The quantitative estimate of drug-likeness (QED) is 0.0314. The van der Waals surface area contributed by atoms with E-state index in [4.69, 9.17) is 32.1 Å². The van der Waals surface area contributed by atoms with E-state index in [2.05, 4.69) is 37.4 Å². The lowest BCUT2D eigenvalue weighted by Gasteiger charge is -2.15. The molecular weight excluding hydrogens is 723 g/mol. The Hall–Kier alpha value is -4.00. The number of aromatic hydroxyl groups is 1. The predicted molar refractivity (Wildman–Crippen MR) is 181 cm³/mol. The number of rotatable bonds is 17. The number of aromatic nitrogens is 3. The third-order valence-corrected chi connectivity index (χ3v) is 9.43. The number of fused-ring (bicyclic) bond motifs is 1. The second kappa shape index (κ2) is 17.1. The Morgan fingerprint density at radius 3 is 2.20 bits per heavy atom. The Balaban J connectivity index is 1.68. The zero-order chi connectivity index (χ0) is 35.6. The highest BCUT2D eigenvalue weighted by Gasteiger charge is 2.27. The highest BCUT2D eigenvalue weighted by atomic mass is 35.5. The second-order valence-electron chi connectivity index (χ2n) is 10.5. The van der Waals surface area contributed by atoms with E-state index in [9.17, 15) is 31.3 Å². The van der Waals surface area contributed by atoms with Gasteiger partial charge in [0.15, 0.2) is 5.75 Å². The molecule has 0 saturated carbocycles. The zero-order valence-corrected chi connectivity index (χ0v) is 29.2. The van der Waals surface area contributed by atoms with E-state index < -0.39 is 54.0 Å². The number of carbonyl (C=O) groups excluding carboxylic acids is 1. The van der Waals surface area contributed by atoms with E-state index >= 15 is 0 Å². The summed E-state index contributed by atoms with van der Waals surface area (Å²) in [5.74, 6) is -1.55. The van der Waals surface area contributed by atoms with Crippen molar-refractivity contribution in [2.24, 2.45) is 10.2 Å². The van der Waals surface area contributed by atoms with Gasteiger partial charge in [0.1, 0.15) is 28.7 Å². The number of nitrogens with one attached hydrogen (secondary N) is 1. The smallest absolute Gasteiger partial charge is 0.305 e. The molecule has 0 amide bonds. The van der Waals surface area contributed by atoms with Crippen LogP contribution in [0, 0.1) is 0 Å². The number of carbonyl (C=O) groups is 1. The van der Waals surface area contributed by atoms with Crippen LogP contribution in [0.15, 0.2) is 68.6 Å². The fraction of sp³-hybridized carbons (Fsp3) is 0.333. The van der Waals surface area contributed by atoms with Crippen LogP contribution in [-0.2, 0) is 34.0 Å². The molecular formula is C30H32Cl2N6O9S2. The van der Waals surface area contributed by atoms with Gasteiger partial charge in [-0.3, -0.25) is 13.5 Å². The van der Waals surface area contributed by atoms with Crippen molar-refractivity contribution in [1.29, 1.82) is 0 Å². The van der Waals surface area contributed by atoms with Gasteiger partial charge in [0, 0.05) is 11.8 Å². The number of nitrogens with zero attached hydrogens (tertiary/aromatic N) is 5. The second-order valence-corrected chi connectivity index (χ2v) is 14.1. The van der Waals surface area contributed by atoms with Crippen molar-refractivity contribution in [3.8, 4) is 5.75 Å². The molecule has 0 aliphatic rings. The average Bonchev–Trinajstić information content (AvgIpc) is 3.03. The van der Waals surface area contributed by atoms with Gasteiger partial charge in [-0.2, -0.15) is 36.9 Å². The number of hydrogen-bond acceptors (Lipinski definition) is 14. The SMILES string of the molecule is CCCCCCCCC(=O)OCCOS(=O)(=O)c1cc2cc(S(=O)(=O)O)c(/N=N/c3ccccc3)c(O)c2cc1Nc1nc(Cl)nc(Cl)n1. The molecule has 3 aromatic carbocycles. The minimum absolute atomic E-state index is 0.120. The van der Waals surface area contributed by atoms with Gasteiger partial charge in [0.25, 0.3) is 20.2 Å². The van der Waals surface area contributed by atoms with E-state index in [-0.39, 0.29) is 46.0 Å². The van der Waals surface area contributed by atoms with E-state index in [0.717, 1.165) is 50.3 Å². The topological polar surface area (TPSA) is 220 Å². The van der Waals surface area contributed by atoms with E-state index in [1.165, 1.54) is 0 Å². The first-order chi connectivity index (χ1) is 23.3. The molecule has 0 aliphatic carbocycles. The Labute approximate surface area is 292 Å². The Bertz CT molecular complexity index is 2030. The van der Waals surface area contributed by atoms with Crippen LogP contribution in [0.2, 0.25) is 10.6 Å². The third kappa shape index (κ3) is 10.7. The third-order valence-electron chi connectivity index (χ3n) is 6.87. The van der Waals surface area contributed by atoms with Crippen LogP contribution in [0.4, 0.5) is 23.0 Å². The number of azo groups is 1. The molecule has 4 aromatic rings. The van der Waals surface area contributed by atoms with Gasteiger partial charge in [-0.25, -0.2) is 0 Å². The number of esters is 1. The number of phenolic OH excluding ortho intramolecular Hbond substituents is 1. The molecule has 0 saturated heterocycles. The number of phenols is 1. The first kappa shape index (κ1) is 37.8. The highest BCUT2D eigenvalue weighted by molar-refractivity contribution is 7.87. The van der Waals surface area contributed by atoms with Crippen molar-refractivity contribution in [3.63, 3.8) is 0 Å². The number of benzene rings is 3. The van der Waals surface area contributed by atoms with Crippen molar-refractivity contribution >= 4 is 83.2 Å². The molecule has 1 aromatic heterocycles. The van der Waals surface area contributed by atoms with Crippen LogP contribution < -0.4 is 5.32 Å². The summed E-state index contributed by atoms with van der Waals surface area (Å²) in [5, 5.41) is 20.7. The van der Waals surface area contributed by atoms with Crippen molar-refractivity contribution in [3.05, 3.63) is 59.1 Å². The van der Waals surface area contributed by atoms with Crippen LogP contribution in [0.3, 0.4) is 0 Å². The predicted octanol–water partition coefficient (Wildman–Crippen LogP) is 7.44. The van der Waals surface area contributed by atoms with Gasteiger partial charge >= 0.3 is 5.97 Å². The zero-order valence-electron chi connectivity index (χ0n) is 26.0. The number of ether oxygens (including phenoxy) is 1. The van der Waals surface area contributed by atoms with E-state index in [0.29, 0.717) is 12.1 Å². The van der Waals surface area contributed by atoms with Crippen LogP contribution in [-0.4, -0.2) is 60.6 Å². The molecule has 3 N–H and O–H groups in total. The van der Waals surface area contributed by atoms with Crippen LogP contribution >= 0.6 is 23.2 Å². The standard InChI is InChI=1S/C30H32Cl2N6O9S2/c1-2-3-4-5-6-10-13-25(39)46-14-15-47-49(44,45)23-16-19-17-24(48(41,42)43)26(38-37-20-11-8-7-9-12-20)27(40)21(19)18-22(23)33-30-35-28(31)34-29(32)36-30/h7-9,11-12,16-18,40H,2-6,10,13-15H2,1H3,(H,41,42,43)(H,33,34,35,36)/b38-37+. The normalized spacial score (nSPS) is 12.1. The summed E-state index contributed by atoms with van der Waals surface area (Å²) >= 11 is 11.8. The lowest BCUT2D eigenvalue weighted by Crippen LogP contribution is -2.15. The maximum Gasteiger partial charge on any atom is 0.305 e. The molecule has 262 valence electrons. The average molecular weight is 756 g/mol. The van der Waals surface area contributed by atoms with Crippen molar-refractivity contribution < 1.29 is 40.2 Å². The van der Waals surface area contributed by atoms with Gasteiger partial charge in [-0.15, -0.1) is 5.11 Å². The lowest BCUT2D eigenvalue weighted by molar-refractivity contribution is -0.144. The van der Waals surface area contributed by atoms with Gasteiger partial charge in [0.05, 0.1) is 11.4 Å². The molecule has 49 heavy (non-hydrogen) atoms. The van der Waals surface area contributed by atoms with Crippen molar-refractivity contribution in [2.45, 2.75) is 61.7 Å². The van der Waals surface area contributed by atoms with Gasteiger partial charge in [0.2, 0.25) is 16.5 Å². The van der Waals surface area contributed by atoms with Crippen LogP contribution in [0.1, 0.15) is 51.9 Å². The molecule has 0 spiro atoms. The minimum atomic E-state index is -5.02. The van der Waals surface area contributed by atoms with Gasteiger partial charge < -0.3 is 15.2 Å². The summed E-state index contributed by atoms with van der Waals surface area (Å²) in [4.78, 5) is 22.0. The summed E-state index contributed by atoms with van der Waals surface area (Å²) in [6, 6.07) is 11.2. The van der Waals surface area contributed by atoms with Crippen LogP contribution in [0.5, 0.6) is 5.75 Å². The number of halogens is 2. The number of unbranched alkanes of at least 4 members (excludes halogenated alkanes) is 5. The van der Waals surface area contributed by atoms with Gasteiger partial charge in [-0.05, 0) is 65.3 Å². The lowest BCUT2D eigenvalue weighted by atomic mass is 10.1. The first-order valence-corrected chi connectivity index (χ1v) is 18.6. The summed E-state index contributed by atoms with van der Waals surface area (Å²) < 4.78 is 71.9. The number of anilines is 2. The Kier molecular flexibility index (Phi) is 13.2. The molecule has 0 atom stereocenters. The Morgan fingerprint density at radius 2 is 1.53 bits per heavy atom. The molecule has 0 unspecified atom stereocenters. The molecule has 0 bridgehead atoms. The van der Waals surface area contributed by atoms with E-state index in [1.54, 1.807) is 30.3 Å². The summed E-state index contributed by atoms with van der Waals surface area (Å²) in [6.45, 7) is 1.19. The maximum absolute atomic E-state index is 13.5. The molecule has 0 radical (unpaired) electrons. The molecule has 15 nitrogen and oxygen atoms in total. The fourth-order valence-corrected chi connectivity index (χ4v) is 6.65. The molecule has 4 rings (SSSR count). The molecule has 0 aliphatic heterocycles. The molecule has 1 heterocycles.